The van der Waals surface area contributed by atoms with Crippen LogP contribution in [-0.2, 0) is 0 Å². The molecule has 150 valence electrons. The van der Waals surface area contributed by atoms with Crippen LogP contribution in [0.4, 0.5) is 0 Å². The van der Waals surface area contributed by atoms with E-state index in [1.165, 1.54) is 70.6 Å². The summed E-state index contributed by atoms with van der Waals surface area (Å²) in [5, 5.41) is 8.11. The van der Waals surface area contributed by atoms with Crippen molar-refractivity contribution >= 4 is 24.2 Å². The van der Waals surface area contributed by atoms with E-state index in [0.717, 1.165) is 24.1 Å². The number of piperidine rings is 1. The average Bonchev–Trinajstić information content (AvgIpc) is 2.58. The molecule has 2 N–H and O–H groups in total. The van der Waals surface area contributed by atoms with E-state index in [9.17, 15) is 0 Å². The van der Waals surface area contributed by atoms with Crippen molar-refractivity contribution in [1.82, 2.24) is 10.6 Å². The minimum absolute atomic E-state index is 0.119. The van der Waals surface area contributed by atoms with E-state index in [-0.39, 0.29) is 5.38 Å². The van der Waals surface area contributed by atoms with Crippen molar-refractivity contribution in [2.45, 2.75) is 100 Å². The second-order valence-corrected chi connectivity index (χ2v) is 10.6. The highest BCUT2D eigenvalue weighted by molar-refractivity contribution is 7.80. The highest BCUT2D eigenvalue weighted by Crippen LogP contribution is 2.35. The molecule has 3 unspecified atom stereocenters. The summed E-state index contributed by atoms with van der Waals surface area (Å²) < 4.78 is 0. The van der Waals surface area contributed by atoms with Crippen molar-refractivity contribution in [3.05, 3.63) is 12.3 Å². The first-order valence-corrected chi connectivity index (χ1v) is 12.0. The highest BCUT2D eigenvalue weighted by atomic mass is 35.5. The van der Waals surface area contributed by atoms with Crippen molar-refractivity contribution < 1.29 is 0 Å². The fraction of sp³-hybridized carbons (Fsp3) is 0.909. The third kappa shape index (κ3) is 5.82. The molecular weight excluding hydrogens is 360 g/mol. The standard InChI is InChI=1S/C22H39ClN2S/c1-15(23)22(19-7-4-8-20(26)14-19)25-16(2)21-13-18(11-12-24-21)10-9-17-5-3-6-17/h15,17-22,24-26H,2-14H2,1H3/t15-,18?,19?,20+,21?,22+/m0/s1. The zero-order valence-corrected chi connectivity index (χ0v) is 18.2. The van der Waals surface area contributed by atoms with Crippen molar-refractivity contribution in [3.63, 3.8) is 0 Å². The molecule has 3 rings (SSSR count). The number of halogens is 1. The maximum absolute atomic E-state index is 6.59. The predicted molar refractivity (Wildman–Crippen MR) is 117 cm³/mol. The van der Waals surface area contributed by atoms with Crippen LogP contribution in [0.2, 0.25) is 0 Å². The van der Waals surface area contributed by atoms with E-state index < -0.39 is 0 Å². The van der Waals surface area contributed by atoms with Gasteiger partial charge in [-0.3, -0.25) is 0 Å². The molecule has 4 heteroatoms. The molecule has 2 nitrogen and oxygen atoms in total. The van der Waals surface area contributed by atoms with Gasteiger partial charge < -0.3 is 10.6 Å². The Kier molecular flexibility index (Phi) is 8.08. The monoisotopic (exact) mass is 398 g/mol. The molecule has 0 bridgehead atoms. The summed E-state index contributed by atoms with van der Waals surface area (Å²) in [4.78, 5) is 0. The number of alkyl halides is 1. The van der Waals surface area contributed by atoms with E-state index in [1.54, 1.807) is 0 Å². The van der Waals surface area contributed by atoms with Gasteiger partial charge in [0.25, 0.3) is 0 Å². The van der Waals surface area contributed by atoms with Gasteiger partial charge in [-0.1, -0.05) is 45.1 Å². The minimum Gasteiger partial charge on any atom is -0.383 e. The molecule has 0 radical (unpaired) electrons. The lowest BCUT2D eigenvalue weighted by atomic mass is 9.78. The van der Waals surface area contributed by atoms with Crippen LogP contribution >= 0.6 is 24.2 Å². The van der Waals surface area contributed by atoms with Gasteiger partial charge in [-0.2, -0.15) is 12.6 Å². The van der Waals surface area contributed by atoms with Gasteiger partial charge in [0.1, 0.15) is 0 Å². The Morgan fingerprint density at radius 1 is 1.12 bits per heavy atom. The molecule has 26 heavy (non-hydrogen) atoms. The van der Waals surface area contributed by atoms with Gasteiger partial charge >= 0.3 is 0 Å². The first kappa shape index (κ1) is 20.9. The fourth-order valence-electron chi connectivity index (χ4n) is 5.23. The lowest BCUT2D eigenvalue weighted by Crippen LogP contribution is -2.49. The second-order valence-electron chi connectivity index (χ2n) is 9.22. The molecule has 1 saturated heterocycles. The Hall–Kier alpha value is 0.140. The molecule has 0 aromatic rings. The Morgan fingerprint density at radius 3 is 2.50 bits per heavy atom. The summed E-state index contributed by atoms with van der Waals surface area (Å²) in [5.41, 5.74) is 1.16. The fourth-order valence-corrected chi connectivity index (χ4v) is 5.95. The van der Waals surface area contributed by atoms with Crippen molar-refractivity contribution in [3.8, 4) is 0 Å². The van der Waals surface area contributed by atoms with E-state index in [1.807, 2.05) is 0 Å². The maximum Gasteiger partial charge on any atom is 0.0511 e. The third-order valence-electron chi connectivity index (χ3n) is 7.18. The molecule has 0 aromatic carbocycles. The molecule has 1 aliphatic heterocycles. The topological polar surface area (TPSA) is 24.1 Å². The van der Waals surface area contributed by atoms with Crippen LogP contribution in [0.3, 0.4) is 0 Å². The van der Waals surface area contributed by atoms with Gasteiger partial charge in [0.05, 0.1) is 5.38 Å². The first-order valence-electron chi connectivity index (χ1n) is 11.0. The van der Waals surface area contributed by atoms with Gasteiger partial charge in [-0.25, -0.2) is 0 Å². The molecule has 2 aliphatic carbocycles. The van der Waals surface area contributed by atoms with Crippen LogP contribution in [0.25, 0.3) is 0 Å². The maximum atomic E-state index is 6.59. The van der Waals surface area contributed by atoms with Crippen LogP contribution in [0.1, 0.15) is 77.6 Å². The average molecular weight is 399 g/mol. The van der Waals surface area contributed by atoms with Gasteiger partial charge in [-0.05, 0) is 63.3 Å². The largest absolute Gasteiger partial charge is 0.383 e. The van der Waals surface area contributed by atoms with E-state index in [0.29, 0.717) is 23.3 Å². The van der Waals surface area contributed by atoms with Gasteiger partial charge in [-0.15, -0.1) is 11.6 Å². The Bertz CT molecular complexity index is 451. The lowest BCUT2D eigenvalue weighted by molar-refractivity contribution is 0.231. The summed E-state index contributed by atoms with van der Waals surface area (Å²) in [7, 11) is 0. The molecule has 6 atom stereocenters. The summed E-state index contributed by atoms with van der Waals surface area (Å²) in [6.45, 7) is 7.68. The minimum atomic E-state index is 0.119. The van der Waals surface area contributed by atoms with Gasteiger partial charge in [0.15, 0.2) is 0 Å². The Balaban J connectivity index is 1.49. The molecule has 0 aromatic heterocycles. The highest BCUT2D eigenvalue weighted by Gasteiger charge is 2.32. The lowest BCUT2D eigenvalue weighted by Gasteiger charge is -2.39. The van der Waals surface area contributed by atoms with Crippen molar-refractivity contribution in [2.75, 3.05) is 6.54 Å². The molecule has 3 aliphatic rings. The molecule has 1 heterocycles. The Morgan fingerprint density at radius 2 is 1.85 bits per heavy atom. The van der Waals surface area contributed by atoms with E-state index in [4.69, 9.17) is 24.2 Å². The third-order valence-corrected chi connectivity index (χ3v) is 7.92. The molecular formula is C22H39ClN2S. The predicted octanol–water partition coefficient (Wildman–Crippen LogP) is 5.52. The van der Waals surface area contributed by atoms with Crippen LogP contribution in [0.15, 0.2) is 12.3 Å². The Labute approximate surface area is 171 Å². The van der Waals surface area contributed by atoms with Crippen LogP contribution in [0.5, 0.6) is 0 Å². The second kappa shape index (κ2) is 10.1. The number of hydrogen-bond acceptors (Lipinski definition) is 3. The van der Waals surface area contributed by atoms with Gasteiger partial charge in [0.2, 0.25) is 0 Å². The summed E-state index contributed by atoms with van der Waals surface area (Å²) in [6.07, 6.45) is 14.8. The molecule has 0 spiro atoms. The SMILES string of the molecule is C=C(N[C@@H](C1CCC[C@@H](S)C1)[C@H](C)Cl)C1CC(CCC2CCC2)CCN1. The van der Waals surface area contributed by atoms with Crippen LogP contribution in [-0.4, -0.2) is 29.3 Å². The number of nitrogens with one attached hydrogen (secondary N) is 2. The molecule has 3 fully saturated rings. The summed E-state index contributed by atoms with van der Waals surface area (Å²) >= 11 is 11.3. The number of hydrogen-bond donors (Lipinski definition) is 3. The number of rotatable bonds is 8. The quantitative estimate of drug-likeness (QED) is 0.370. The van der Waals surface area contributed by atoms with Crippen LogP contribution in [0, 0.1) is 17.8 Å². The number of thiol groups is 1. The van der Waals surface area contributed by atoms with Gasteiger partial charge in [0, 0.05) is 23.0 Å². The molecule has 0 amide bonds. The van der Waals surface area contributed by atoms with E-state index >= 15 is 0 Å². The summed E-state index contributed by atoms with van der Waals surface area (Å²) in [6, 6.07) is 0.722. The zero-order chi connectivity index (χ0) is 18.5. The zero-order valence-electron chi connectivity index (χ0n) is 16.6. The van der Waals surface area contributed by atoms with Crippen molar-refractivity contribution in [2.24, 2.45) is 17.8 Å². The normalized spacial score (nSPS) is 35.3. The molecule has 2 saturated carbocycles. The van der Waals surface area contributed by atoms with Crippen LogP contribution < -0.4 is 10.6 Å². The van der Waals surface area contributed by atoms with Crippen molar-refractivity contribution in [1.29, 1.82) is 0 Å². The summed E-state index contributed by atoms with van der Waals surface area (Å²) in [5.74, 6) is 2.52. The van der Waals surface area contributed by atoms with E-state index in [2.05, 4.69) is 24.1 Å². The first-order chi connectivity index (χ1) is 12.5. The smallest absolute Gasteiger partial charge is 0.0511 e.